The summed E-state index contributed by atoms with van der Waals surface area (Å²) in [5.74, 6) is -1.94. The normalized spacial score (nSPS) is 12.6. The molecule has 0 spiro atoms. The third kappa shape index (κ3) is 3.21. The van der Waals surface area contributed by atoms with E-state index in [0.717, 1.165) is 5.56 Å². The Morgan fingerprint density at radius 1 is 0.857 bits per heavy atom. The number of hydrogen-bond acceptors (Lipinski definition) is 6. The van der Waals surface area contributed by atoms with E-state index in [-0.39, 0.29) is 29.0 Å². The lowest BCUT2D eigenvalue weighted by Crippen LogP contribution is -2.32. The van der Waals surface area contributed by atoms with Crippen LogP contribution < -0.4 is 4.74 Å². The largest absolute Gasteiger partial charge is 0.488 e. The number of pyridine rings is 1. The number of aromatic nitrogens is 1. The zero-order valence-electron chi connectivity index (χ0n) is 14.6. The molecule has 0 aliphatic carbocycles. The topological polar surface area (TPSA) is 85.8 Å². The minimum atomic E-state index is -0.861. The molecule has 3 aromatic rings. The number of para-hydroxylation sites is 1. The molecule has 0 unspecified atom stereocenters. The fourth-order valence-electron chi connectivity index (χ4n) is 2.78. The fraction of sp³-hybridized carbons (Fsp3) is 0.0476. The second-order valence-corrected chi connectivity index (χ2v) is 5.97. The number of imide groups is 1. The molecular formula is C21H14N2O5. The van der Waals surface area contributed by atoms with Crippen LogP contribution in [0.15, 0.2) is 73.1 Å². The third-order valence-corrected chi connectivity index (χ3v) is 4.18. The van der Waals surface area contributed by atoms with Crippen LogP contribution in [0, 0.1) is 0 Å². The van der Waals surface area contributed by atoms with Gasteiger partial charge in [0.25, 0.3) is 11.8 Å². The number of fused-ring (bicyclic) bond motifs is 1. The molecule has 2 aromatic carbocycles. The van der Waals surface area contributed by atoms with E-state index in [1.54, 1.807) is 54.9 Å². The average molecular weight is 374 g/mol. The number of hydrogen-bond donors (Lipinski definition) is 0. The number of benzene rings is 2. The monoisotopic (exact) mass is 374 g/mol. The molecule has 0 bridgehead atoms. The Balaban J connectivity index is 1.52. The van der Waals surface area contributed by atoms with E-state index in [4.69, 9.17) is 9.57 Å². The number of amides is 2. The Morgan fingerprint density at radius 3 is 2.14 bits per heavy atom. The van der Waals surface area contributed by atoms with Gasteiger partial charge in [0, 0.05) is 12.4 Å². The lowest BCUT2D eigenvalue weighted by Gasteiger charge is -2.15. The van der Waals surface area contributed by atoms with Gasteiger partial charge in [0.05, 0.1) is 11.1 Å². The predicted molar refractivity (Wildman–Crippen MR) is 97.4 cm³/mol. The molecule has 1 aliphatic heterocycles. The van der Waals surface area contributed by atoms with E-state index in [2.05, 4.69) is 4.98 Å². The van der Waals surface area contributed by atoms with Crippen molar-refractivity contribution in [3.8, 4) is 5.75 Å². The molecule has 0 saturated heterocycles. The second-order valence-electron chi connectivity index (χ2n) is 5.97. The summed E-state index contributed by atoms with van der Waals surface area (Å²) in [5.41, 5.74) is 1.37. The van der Waals surface area contributed by atoms with Crippen LogP contribution in [0.3, 0.4) is 0 Å². The van der Waals surface area contributed by atoms with Gasteiger partial charge in [-0.15, -0.1) is 0 Å². The molecule has 1 aromatic heterocycles. The highest BCUT2D eigenvalue weighted by Gasteiger charge is 2.39. The number of nitrogens with zero attached hydrogens (tertiary/aromatic N) is 2. The van der Waals surface area contributed by atoms with Crippen LogP contribution in [0.4, 0.5) is 0 Å². The first-order valence-electron chi connectivity index (χ1n) is 8.46. The van der Waals surface area contributed by atoms with Crippen molar-refractivity contribution in [2.45, 2.75) is 6.61 Å². The van der Waals surface area contributed by atoms with Crippen molar-refractivity contribution < 1.29 is 24.0 Å². The average Bonchev–Trinajstić information content (AvgIpc) is 2.98. The first-order valence-corrected chi connectivity index (χ1v) is 8.46. The van der Waals surface area contributed by atoms with E-state index < -0.39 is 17.8 Å². The molecule has 1 aliphatic rings. The minimum Gasteiger partial charge on any atom is -0.488 e. The van der Waals surface area contributed by atoms with Gasteiger partial charge in [-0.3, -0.25) is 14.6 Å². The number of rotatable bonds is 5. The molecule has 138 valence electrons. The smallest absolute Gasteiger partial charge is 0.367 e. The first kappa shape index (κ1) is 17.4. The van der Waals surface area contributed by atoms with E-state index in [1.165, 1.54) is 18.2 Å². The maximum Gasteiger partial charge on any atom is 0.367 e. The van der Waals surface area contributed by atoms with Crippen molar-refractivity contribution in [1.29, 1.82) is 0 Å². The lowest BCUT2D eigenvalue weighted by molar-refractivity contribution is -0.0586. The molecule has 7 nitrogen and oxygen atoms in total. The molecule has 2 amide bonds. The number of ether oxygens (including phenoxy) is 1. The van der Waals surface area contributed by atoms with Crippen LogP contribution in [-0.2, 0) is 11.4 Å². The van der Waals surface area contributed by atoms with Crippen LogP contribution >= 0.6 is 0 Å². The first-order chi connectivity index (χ1) is 13.6. The molecule has 0 saturated carbocycles. The van der Waals surface area contributed by atoms with Crippen LogP contribution in [0.1, 0.15) is 36.6 Å². The van der Waals surface area contributed by atoms with Crippen molar-refractivity contribution in [1.82, 2.24) is 10.0 Å². The van der Waals surface area contributed by atoms with Crippen LogP contribution in [-0.4, -0.2) is 27.8 Å². The van der Waals surface area contributed by atoms with Gasteiger partial charge in [-0.2, -0.15) is 0 Å². The van der Waals surface area contributed by atoms with Crippen molar-refractivity contribution >= 4 is 17.8 Å². The molecule has 4 rings (SSSR count). The molecule has 2 heterocycles. The van der Waals surface area contributed by atoms with Gasteiger partial charge in [-0.1, -0.05) is 29.3 Å². The summed E-state index contributed by atoms with van der Waals surface area (Å²) in [5, 5.41) is 0.479. The lowest BCUT2D eigenvalue weighted by atomic mass is 10.1. The summed E-state index contributed by atoms with van der Waals surface area (Å²) in [6.45, 7) is 0.222. The van der Waals surface area contributed by atoms with Gasteiger partial charge in [-0.25, -0.2) is 4.79 Å². The zero-order chi connectivity index (χ0) is 19.5. The predicted octanol–water partition coefficient (Wildman–Crippen LogP) is 3.03. The number of carbonyl (C=O) groups excluding carboxylic acids is 3. The van der Waals surface area contributed by atoms with Gasteiger partial charge < -0.3 is 9.57 Å². The van der Waals surface area contributed by atoms with Crippen molar-refractivity contribution in [3.63, 3.8) is 0 Å². The summed E-state index contributed by atoms with van der Waals surface area (Å²) in [4.78, 5) is 46.4. The van der Waals surface area contributed by atoms with Gasteiger partial charge in [0.1, 0.15) is 17.9 Å². The van der Waals surface area contributed by atoms with Crippen molar-refractivity contribution in [2.75, 3.05) is 0 Å². The minimum absolute atomic E-state index is 0.105. The summed E-state index contributed by atoms with van der Waals surface area (Å²) in [7, 11) is 0. The van der Waals surface area contributed by atoms with E-state index in [0.29, 0.717) is 5.06 Å². The molecular weight excluding hydrogens is 360 g/mol. The van der Waals surface area contributed by atoms with Gasteiger partial charge >= 0.3 is 5.97 Å². The summed E-state index contributed by atoms with van der Waals surface area (Å²) in [6, 6.07) is 16.3. The molecule has 0 atom stereocenters. The Labute approximate surface area is 160 Å². The Kier molecular flexibility index (Phi) is 4.55. The quantitative estimate of drug-likeness (QED) is 0.638. The van der Waals surface area contributed by atoms with Crippen molar-refractivity contribution in [3.05, 3.63) is 95.3 Å². The van der Waals surface area contributed by atoms with E-state index in [9.17, 15) is 14.4 Å². The summed E-state index contributed by atoms with van der Waals surface area (Å²) < 4.78 is 5.71. The molecule has 7 heteroatoms. The van der Waals surface area contributed by atoms with E-state index >= 15 is 0 Å². The second kappa shape index (κ2) is 7.32. The van der Waals surface area contributed by atoms with Crippen LogP contribution in [0.25, 0.3) is 0 Å². The van der Waals surface area contributed by atoms with Crippen molar-refractivity contribution in [2.24, 2.45) is 0 Å². The van der Waals surface area contributed by atoms with Gasteiger partial charge in [0.15, 0.2) is 0 Å². The Hall–Kier alpha value is -4.00. The highest BCUT2D eigenvalue weighted by molar-refractivity contribution is 6.21. The molecule has 0 radical (unpaired) electrons. The maximum atomic E-state index is 12.6. The molecule has 0 fully saturated rings. The van der Waals surface area contributed by atoms with Crippen LogP contribution in [0.2, 0.25) is 0 Å². The van der Waals surface area contributed by atoms with Crippen LogP contribution in [0.5, 0.6) is 5.75 Å². The Morgan fingerprint density at radius 2 is 1.46 bits per heavy atom. The van der Waals surface area contributed by atoms with E-state index in [1.807, 2.05) is 0 Å². The maximum absolute atomic E-state index is 12.6. The molecule has 28 heavy (non-hydrogen) atoms. The standard InChI is InChI=1S/C21H14N2O5/c24-19-15-5-1-2-6-16(15)20(25)23(19)28-21(26)17-7-3-4-8-18(17)27-13-14-9-11-22-12-10-14/h1-12H,13H2. The third-order valence-electron chi connectivity index (χ3n) is 4.18. The number of hydroxylamine groups is 2. The molecule has 0 N–H and O–H groups in total. The highest BCUT2D eigenvalue weighted by Crippen LogP contribution is 2.25. The summed E-state index contributed by atoms with van der Waals surface area (Å²) >= 11 is 0. The summed E-state index contributed by atoms with van der Waals surface area (Å²) in [6.07, 6.45) is 3.28. The number of carbonyl (C=O) groups is 3. The Bertz CT molecular complexity index is 1030. The highest BCUT2D eigenvalue weighted by atomic mass is 16.7. The van der Waals surface area contributed by atoms with Gasteiger partial charge in [0.2, 0.25) is 0 Å². The van der Waals surface area contributed by atoms with Gasteiger partial charge in [-0.05, 0) is 42.0 Å². The zero-order valence-corrected chi connectivity index (χ0v) is 14.6. The SMILES string of the molecule is O=C(ON1C(=O)c2ccccc2C1=O)c1ccccc1OCc1ccncc1. The fourth-order valence-corrected chi connectivity index (χ4v) is 2.78.